The van der Waals surface area contributed by atoms with E-state index in [1.165, 1.54) is 5.56 Å². The van der Waals surface area contributed by atoms with Crippen molar-refractivity contribution in [1.82, 2.24) is 14.8 Å². The Hall–Kier alpha value is -2.76. The molecule has 1 aromatic heterocycles. The number of nitrogens with zero attached hydrogens (tertiary/aromatic N) is 3. The van der Waals surface area contributed by atoms with Gasteiger partial charge in [0.1, 0.15) is 12.4 Å². The first-order valence-electron chi connectivity index (χ1n) is 9.26. The Morgan fingerprint density at radius 1 is 0.897 bits per heavy atom. The standard InChI is InChI=1S/C23H20ClN3OS/c1-17-11-13-20(14-12-17)28-15-22-25-26-23(27(22)19-8-3-2-4-9-19)29-16-18-7-5-6-10-21(18)24/h2-14H,15-16H2,1H3. The van der Waals surface area contributed by atoms with Crippen LogP contribution in [-0.4, -0.2) is 14.8 Å². The summed E-state index contributed by atoms with van der Waals surface area (Å²) in [5.41, 5.74) is 3.27. The lowest BCUT2D eigenvalue weighted by Gasteiger charge is -2.11. The van der Waals surface area contributed by atoms with E-state index in [0.29, 0.717) is 12.4 Å². The van der Waals surface area contributed by atoms with Crippen LogP contribution in [0.25, 0.3) is 5.69 Å². The Morgan fingerprint density at radius 3 is 2.38 bits per heavy atom. The lowest BCUT2D eigenvalue weighted by molar-refractivity contribution is 0.293. The Balaban J connectivity index is 1.58. The maximum absolute atomic E-state index is 6.30. The summed E-state index contributed by atoms with van der Waals surface area (Å²) in [6, 6.07) is 25.9. The van der Waals surface area contributed by atoms with Crippen molar-refractivity contribution in [3.8, 4) is 11.4 Å². The van der Waals surface area contributed by atoms with E-state index in [0.717, 1.165) is 33.0 Å². The number of thioether (sulfide) groups is 1. The lowest BCUT2D eigenvalue weighted by atomic mass is 10.2. The molecule has 4 rings (SSSR count). The summed E-state index contributed by atoms with van der Waals surface area (Å²) in [5.74, 6) is 2.27. The van der Waals surface area contributed by atoms with E-state index in [-0.39, 0.29) is 0 Å². The number of rotatable bonds is 7. The highest BCUT2D eigenvalue weighted by Gasteiger charge is 2.15. The summed E-state index contributed by atoms with van der Waals surface area (Å²) >= 11 is 7.91. The van der Waals surface area contributed by atoms with Crippen LogP contribution in [0.4, 0.5) is 0 Å². The van der Waals surface area contributed by atoms with Crippen LogP contribution >= 0.6 is 23.4 Å². The summed E-state index contributed by atoms with van der Waals surface area (Å²) < 4.78 is 7.99. The van der Waals surface area contributed by atoms with Crippen molar-refractivity contribution in [2.75, 3.05) is 0 Å². The quantitative estimate of drug-likeness (QED) is 0.338. The lowest BCUT2D eigenvalue weighted by Crippen LogP contribution is -2.06. The molecule has 1 heterocycles. The molecule has 0 N–H and O–H groups in total. The third-order valence-corrected chi connectivity index (χ3v) is 5.76. The number of benzene rings is 3. The van der Waals surface area contributed by atoms with E-state index in [4.69, 9.17) is 16.3 Å². The van der Waals surface area contributed by atoms with Crippen molar-refractivity contribution in [2.45, 2.75) is 24.4 Å². The first kappa shape index (κ1) is 19.6. The van der Waals surface area contributed by atoms with Crippen molar-refractivity contribution in [3.63, 3.8) is 0 Å². The summed E-state index contributed by atoms with van der Waals surface area (Å²) in [4.78, 5) is 0. The molecule has 0 fully saturated rings. The van der Waals surface area contributed by atoms with E-state index in [2.05, 4.69) is 17.1 Å². The fourth-order valence-electron chi connectivity index (χ4n) is 2.86. The summed E-state index contributed by atoms with van der Waals surface area (Å²) in [6.07, 6.45) is 0. The van der Waals surface area contributed by atoms with Gasteiger partial charge in [-0.15, -0.1) is 10.2 Å². The molecule has 0 saturated carbocycles. The Labute approximate surface area is 179 Å². The van der Waals surface area contributed by atoms with Gasteiger partial charge in [-0.25, -0.2) is 0 Å². The number of para-hydroxylation sites is 1. The molecule has 146 valence electrons. The van der Waals surface area contributed by atoms with E-state index in [1.807, 2.05) is 83.4 Å². The van der Waals surface area contributed by atoms with Crippen molar-refractivity contribution in [1.29, 1.82) is 0 Å². The average Bonchev–Trinajstić information content (AvgIpc) is 3.16. The molecule has 0 aliphatic carbocycles. The van der Waals surface area contributed by atoms with Gasteiger partial charge in [0.15, 0.2) is 11.0 Å². The molecule has 0 aliphatic heterocycles. The van der Waals surface area contributed by atoms with Gasteiger partial charge < -0.3 is 4.74 Å². The van der Waals surface area contributed by atoms with Crippen LogP contribution in [0.1, 0.15) is 17.0 Å². The van der Waals surface area contributed by atoms with Gasteiger partial charge in [0.2, 0.25) is 0 Å². The van der Waals surface area contributed by atoms with Crippen LogP contribution in [0.15, 0.2) is 84.0 Å². The molecule has 0 radical (unpaired) electrons. The zero-order chi connectivity index (χ0) is 20.1. The Morgan fingerprint density at radius 2 is 1.62 bits per heavy atom. The topological polar surface area (TPSA) is 39.9 Å². The van der Waals surface area contributed by atoms with Gasteiger partial charge in [-0.2, -0.15) is 0 Å². The molecular weight excluding hydrogens is 402 g/mol. The minimum Gasteiger partial charge on any atom is -0.486 e. The maximum Gasteiger partial charge on any atom is 0.196 e. The number of hydrogen-bond donors (Lipinski definition) is 0. The molecule has 4 aromatic rings. The number of ether oxygens (including phenoxy) is 1. The third-order valence-electron chi connectivity index (χ3n) is 4.42. The predicted molar refractivity (Wildman–Crippen MR) is 118 cm³/mol. The van der Waals surface area contributed by atoms with E-state index in [1.54, 1.807) is 11.8 Å². The number of aromatic nitrogens is 3. The first-order chi connectivity index (χ1) is 14.2. The smallest absolute Gasteiger partial charge is 0.196 e. The number of halogens is 1. The van der Waals surface area contributed by atoms with Crippen LogP contribution in [0.5, 0.6) is 5.75 Å². The summed E-state index contributed by atoms with van der Waals surface area (Å²) in [7, 11) is 0. The minimum absolute atomic E-state index is 0.331. The number of hydrogen-bond acceptors (Lipinski definition) is 4. The highest BCUT2D eigenvalue weighted by molar-refractivity contribution is 7.98. The van der Waals surface area contributed by atoms with Gasteiger partial charge in [0.25, 0.3) is 0 Å². The summed E-state index contributed by atoms with van der Waals surface area (Å²) in [6.45, 7) is 2.38. The number of aryl methyl sites for hydroxylation is 1. The molecule has 3 aromatic carbocycles. The predicted octanol–water partition coefficient (Wildman–Crippen LogP) is 6.10. The second-order valence-electron chi connectivity index (χ2n) is 6.55. The molecule has 0 saturated heterocycles. The molecule has 0 aliphatic rings. The van der Waals surface area contributed by atoms with Gasteiger partial charge >= 0.3 is 0 Å². The van der Waals surface area contributed by atoms with E-state index < -0.39 is 0 Å². The van der Waals surface area contributed by atoms with Gasteiger partial charge in [-0.1, -0.05) is 77.5 Å². The zero-order valence-corrected chi connectivity index (χ0v) is 17.5. The highest BCUT2D eigenvalue weighted by atomic mass is 35.5. The SMILES string of the molecule is Cc1ccc(OCc2nnc(SCc3ccccc3Cl)n2-c2ccccc2)cc1. The fourth-order valence-corrected chi connectivity index (χ4v) is 4.12. The van der Waals surface area contributed by atoms with Gasteiger partial charge in [0.05, 0.1) is 0 Å². The summed E-state index contributed by atoms with van der Waals surface area (Å²) in [5, 5.41) is 10.4. The van der Waals surface area contributed by atoms with Gasteiger partial charge in [-0.05, 0) is 42.8 Å². The Kier molecular flexibility index (Phi) is 6.17. The zero-order valence-electron chi connectivity index (χ0n) is 16.0. The molecule has 0 amide bonds. The van der Waals surface area contributed by atoms with Crippen LogP contribution in [0.2, 0.25) is 5.02 Å². The second kappa shape index (κ2) is 9.16. The van der Waals surface area contributed by atoms with E-state index in [9.17, 15) is 0 Å². The Bertz CT molecular complexity index is 1080. The fraction of sp³-hybridized carbons (Fsp3) is 0.130. The average molecular weight is 422 g/mol. The molecule has 0 bridgehead atoms. The monoisotopic (exact) mass is 421 g/mol. The normalized spacial score (nSPS) is 10.8. The molecular formula is C23H20ClN3OS. The first-order valence-corrected chi connectivity index (χ1v) is 10.6. The molecule has 4 nitrogen and oxygen atoms in total. The van der Waals surface area contributed by atoms with E-state index >= 15 is 0 Å². The maximum atomic E-state index is 6.30. The molecule has 0 atom stereocenters. The molecule has 29 heavy (non-hydrogen) atoms. The van der Waals surface area contributed by atoms with Crippen LogP contribution in [0.3, 0.4) is 0 Å². The van der Waals surface area contributed by atoms with Crippen LogP contribution in [-0.2, 0) is 12.4 Å². The van der Waals surface area contributed by atoms with Crippen LogP contribution in [0, 0.1) is 6.92 Å². The van der Waals surface area contributed by atoms with Crippen LogP contribution < -0.4 is 4.74 Å². The third kappa shape index (κ3) is 4.81. The van der Waals surface area contributed by atoms with Crippen molar-refractivity contribution in [2.24, 2.45) is 0 Å². The van der Waals surface area contributed by atoms with Crippen molar-refractivity contribution < 1.29 is 4.74 Å². The van der Waals surface area contributed by atoms with Crippen molar-refractivity contribution in [3.05, 3.63) is 101 Å². The largest absolute Gasteiger partial charge is 0.486 e. The molecule has 6 heteroatoms. The minimum atomic E-state index is 0.331. The second-order valence-corrected chi connectivity index (χ2v) is 7.90. The van der Waals surface area contributed by atoms with Crippen molar-refractivity contribution >= 4 is 23.4 Å². The molecule has 0 spiro atoms. The van der Waals surface area contributed by atoms with Gasteiger partial charge in [-0.3, -0.25) is 4.57 Å². The molecule has 0 unspecified atom stereocenters. The van der Waals surface area contributed by atoms with Gasteiger partial charge in [0, 0.05) is 16.5 Å². The highest BCUT2D eigenvalue weighted by Crippen LogP contribution is 2.28.